The summed E-state index contributed by atoms with van der Waals surface area (Å²) < 4.78 is 29.2. The molecule has 6 nitrogen and oxygen atoms in total. The number of nitrogens with one attached hydrogen (secondary N) is 1. The van der Waals surface area contributed by atoms with E-state index in [1.54, 1.807) is 17.5 Å². The van der Waals surface area contributed by atoms with Gasteiger partial charge < -0.3 is 4.98 Å². The highest BCUT2D eigenvalue weighted by atomic mass is 32.2. The molecule has 0 bridgehead atoms. The summed E-state index contributed by atoms with van der Waals surface area (Å²) in [6, 6.07) is 13.3. The van der Waals surface area contributed by atoms with E-state index in [1.807, 2.05) is 43.3 Å². The van der Waals surface area contributed by atoms with Crippen LogP contribution in [0.15, 0.2) is 48.7 Å². The molecule has 0 fully saturated rings. The summed E-state index contributed by atoms with van der Waals surface area (Å²) in [6.45, 7) is 2.70. The molecule has 0 unspecified atom stereocenters. The van der Waals surface area contributed by atoms with Gasteiger partial charge in [-0.3, -0.25) is 4.98 Å². The van der Waals surface area contributed by atoms with Crippen molar-refractivity contribution in [2.24, 2.45) is 0 Å². The lowest BCUT2D eigenvalue weighted by molar-refractivity contribution is 0.306. The van der Waals surface area contributed by atoms with E-state index in [9.17, 15) is 8.42 Å². The van der Waals surface area contributed by atoms with Gasteiger partial charge >= 0.3 is 0 Å². The number of aromatic amines is 1. The molecule has 1 atom stereocenters. The average molecular weight is 370 g/mol. The zero-order valence-electron chi connectivity index (χ0n) is 14.9. The van der Waals surface area contributed by atoms with Gasteiger partial charge in [-0.05, 0) is 30.2 Å². The largest absolute Gasteiger partial charge is 0.356 e. The van der Waals surface area contributed by atoms with Crippen molar-refractivity contribution in [2.45, 2.75) is 19.4 Å². The van der Waals surface area contributed by atoms with Crippen molar-refractivity contribution in [3.8, 4) is 0 Å². The fourth-order valence-electron chi connectivity index (χ4n) is 3.64. The first-order valence-corrected chi connectivity index (χ1v) is 10.2. The summed E-state index contributed by atoms with van der Waals surface area (Å²) in [6.07, 6.45) is 2.39. The molecule has 2 aromatic heterocycles. The Labute approximate surface area is 153 Å². The number of para-hydroxylation sites is 1. The second-order valence-electron chi connectivity index (χ2n) is 6.50. The SMILES string of the molecule is CCN(C)S(=O)(=O)N1CCc2c([nH]c3ccccc23)[C@@H]1c1ccccn1. The maximum Gasteiger partial charge on any atom is 0.282 e. The van der Waals surface area contributed by atoms with E-state index in [2.05, 4.69) is 16.0 Å². The summed E-state index contributed by atoms with van der Waals surface area (Å²) in [4.78, 5) is 7.93. The van der Waals surface area contributed by atoms with Gasteiger partial charge in [-0.2, -0.15) is 17.0 Å². The van der Waals surface area contributed by atoms with Crippen molar-refractivity contribution >= 4 is 21.1 Å². The van der Waals surface area contributed by atoms with Gasteiger partial charge in [-0.15, -0.1) is 0 Å². The molecule has 1 aromatic carbocycles. The number of aromatic nitrogens is 2. The highest BCUT2D eigenvalue weighted by Crippen LogP contribution is 2.39. The van der Waals surface area contributed by atoms with Gasteiger partial charge in [0.05, 0.1) is 5.69 Å². The Kier molecular flexibility index (Phi) is 4.30. The Hall–Kier alpha value is -2.22. The Balaban J connectivity index is 1.93. The lowest BCUT2D eigenvalue weighted by Crippen LogP contribution is -2.47. The molecule has 7 heteroatoms. The van der Waals surface area contributed by atoms with E-state index in [0.717, 1.165) is 22.3 Å². The van der Waals surface area contributed by atoms with Crippen LogP contribution in [0.5, 0.6) is 0 Å². The molecule has 136 valence electrons. The molecule has 0 radical (unpaired) electrons. The number of hydrogen-bond donors (Lipinski definition) is 1. The minimum Gasteiger partial charge on any atom is -0.356 e. The molecule has 1 aliphatic heterocycles. The van der Waals surface area contributed by atoms with E-state index in [1.165, 1.54) is 9.87 Å². The van der Waals surface area contributed by atoms with E-state index in [0.29, 0.717) is 19.5 Å². The fraction of sp³-hybridized carbons (Fsp3) is 0.316. The first-order valence-electron chi connectivity index (χ1n) is 8.77. The zero-order valence-corrected chi connectivity index (χ0v) is 15.7. The average Bonchev–Trinajstić information content (AvgIpc) is 3.05. The van der Waals surface area contributed by atoms with E-state index in [-0.39, 0.29) is 0 Å². The van der Waals surface area contributed by atoms with Gasteiger partial charge in [-0.25, -0.2) is 0 Å². The first kappa shape index (κ1) is 17.2. The third-order valence-electron chi connectivity index (χ3n) is 5.09. The number of H-pyrrole nitrogens is 1. The van der Waals surface area contributed by atoms with Crippen LogP contribution in [0, 0.1) is 0 Å². The minimum atomic E-state index is -3.58. The Morgan fingerprint density at radius 3 is 2.73 bits per heavy atom. The molecule has 3 heterocycles. The van der Waals surface area contributed by atoms with Gasteiger partial charge in [0.25, 0.3) is 10.2 Å². The van der Waals surface area contributed by atoms with Crippen molar-refractivity contribution in [1.29, 1.82) is 0 Å². The molecular formula is C19H22N4O2S. The third kappa shape index (κ3) is 2.63. The quantitative estimate of drug-likeness (QED) is 0.768. The highest BCUT2D eigenvalue weighted by molar-refractivity contribution is 7.86. The molecule has 0 saturated heterocycles. The van der Waals surface area contributed by atoms with Crippen LogP contribution >= 0.6 is 0 Å². The summed E-state index contributed by atoms with van der Waals surface area (Å²) in [5, 5.41) is 1.16. The molecule has 4 rings (SSSR count). The van der Waals surface area contributed by atoms with Gasteiger partial charge in [-0.1, -0.05) is 31.2 Å². The second-order valence-corrected chi connectivity index (χ2v) is 8.49. The molecule has 1 N–H and O–H groups in total. The van der Waals surface area contributed by atoms with Gasteiger partial charge in [0, 0.05) is 42.9 Å². The number of rotatable bonds is 4. The summed E-state index contributed by atoms with van der Waals surface area (Å²) in [5.74, 6) is 0. The maximum absolute atomic E-state index is 13.1. The maximum atomic E-state index is 13.1. The molecule has 26 heavy (non-hydrogen) atoms. The Bertz CT molecular complexity index is 1030. The van der Waals surface area contributed by atoms with Crippen molar-refractivity contribution in [1.82, 2.24) is 18.6 Å². The molecule has 0 saturated carbocycles. The minimum absolute atomic E-state index is 0.424. The Morgan fingerprint density at radius 2 is 2.00 bits per heavy atom. The molecule has 0 amide bonds. The fourth-order valence-corrected chi connectivity index (χ4v) is 5.13. The normalized spacial score (nSPS) is 18.3. The van der Waals surface area contributed by atoms with E-state index < -0.39 is 16.3 Å². The monoisotopic (exact) mass is 370 g/mol. The second kappa shape index (κ2) is 6.50. The molecular weight excluding hydrogens is 348 g/mol. The van der Waals surface area contributed by atoms with Crippen LogP contribution in [-0.2, 0) is 16.6 Å². The van der Waals surface area contributed by atoms with Crippen LogP contribution in [0.25, 0.3) is 10.9 Å². The van der Waals surface area contributed by atoms with Crippen molar-refractivity contribution in [3.63, 3.8) is 0 Å². The van der Waals surface area contributed by atoms with E-state index in [4.69, 9.17) is 0 Å². The number of fused-ring (bicyclic) bond motifs is 3. The van der Waals surface area contributed by atoms with Gasteiger partial charge in [0.15, 0.2) is 0 Å². The van der Waals surface area contributed by atoms with Crippen molar-refractivity contribution in [3.05, 3.63) is 65.6 Å². The smallest absolute Gasteiger partial charge is 0.282 e. The molecule has 1 aliphatic rings. The topological polar surface area (TPSA) is 69.3 Å². The Morgan fingerprint density at radius 1 is 1.23 bits per heavy atom. The zero-order chi connectivity index (χ0) is 18.3. The van der Waals surface area contributed by atoms with Gasteiger partial charge in [0.2, 0.25) is 0 Å². The van der Waals surface area contributed by atoms with Crippen molar-refractivity contribution in [2.75, 3.05) is 20.1 Å². The number of benzene rings is 1. The summed E-state index contributed by atoms with van der Waals surface area (Å²) in [7, 11) is -1.97. The van der Waals surface area contributed by atoms with Crippen LogP contribution < -0.4 is 0 Å². The predicted octanol–water partition coefficient (Wildman–Crippen LogP) is 2.71. The summed E-state index contributed by atoms with van der Waals surface area (Å²) in [5.41, 5.74) is 3.86. The van der Waals surface area contributed by atoms with Crippen LogP contribution in [0.1, 0.15) is 29.9 Å². The van der Waals surface area contributed by atoms with Crippen LogP contribution in [-0.4, -0.2) is 47.1 Å². The number of pyridine rings is 1. The predicted molar refractivity (Wildman–Crippen MR) is 102 cm³/mol. The van der Waals surface area contributed by atoms with Crippen LogP contribution in [0.2, 0.25) is 0 Å². The first-order chi connectivity index (χ1) is 12.5. The number of nitrogens with zero attached hydrogens (tertiary/aromatic N) is 3. The molecule has 0 spiro atoms. The third-order valence-corrected chi connectivity index (χ3v) is 7.13. The summed E-state index contributed by atoms with van der Waals surface area (Å²) >= 11 is 0. The van der Waals surface area contributed by atoms with Crippen LogP contribution in [0.3, 0.4) is 0 Å². The molecule has 0 aliphatic carbocycles. The highest BCUT2D eigenvalue weighted by Gasteiger charge is 2.40. The molecule has 3 aromatic rings. The van der Waals surface area contributed by atoms with Crippen LogP contribution in [0.4, 0.5) is 0 Å². The lowest BCUT2D eigenvalue weighted by Gasteiger charge is -2.36. The van der Waals surface area contributed by atoms with E-state index >= 15 is 0 Å². The van der Waals surface area contributed by atoms with Crippen molar-refractivity contribution < 1.29 is 8.42 Å². The number of hydrogen-bond acceptors (Lipinski definition) is 3. The standard InChI is InChI=1S/C19H22N4O2S/c1-3-22(2)26(24,25)23-13-11-15-14-8-4-5-9-16(14)21-18(15)19(23)17-10-6-7-12-20-17/h4-10,12,19,21H,3,11,13H2,1-2H3/t19-/m0/s1. The van der Waals surface area contributed by atoms with Gasteiger partial charge in [0.1, 0.15) is 6.04 Å². The lowest BCUT2D eigenvalue weighted by atomic mass is 9.97.